The van der Waals surface area contributed by atoms with Crippen LogP contribution in [0.5, 0.6) is 0 Å². The van der Waals surface area contributed by atoms with Gasteiger partial charge in [-0.15, -0.1) is 0 Å². The minimum atomic E-state index is -0.0346. The number of fused-ring (bicyclic) bond motifs is 1. The van der Waals surface area contributed by atoms with Crippen LogP contribution in [0.2, 0.25) is 0 Å². The molecule has 3 aromatic rings. The molecule has 1 aromatic carbocycles. The molecular weight excluding hydrogens is 322 g/mol. The van der Waals surface area contributed by atoms with Gasteiger partial charge in [0.2, 0.25) is 5.91 Å². The second-order valence-corrected chi connectivity index (χ2v) is 6.66. The van der Waals surface area contributed by atoms with Crippen LogP contribution in [-0.2, 0) is 11.3 Å². The second kappa shape index (κ2) is 7.05. The van der Waals surface area contributed by atoms with E-state index in [4.69, 9.17) is 4.52 Å². The number of amides is 1. The van der Waals surface area contributed by atoms with E-state index >= 15 is 0 Å². The maximum Gasteiger partial charge on any atom is 0.230 e. The highest BCUT2D eigenvalue weighted by Gasteiger charge is 2.11. The number of thioether (sulfide) groups is 1. The number of hydrogen-bond acceptors (Lipinski definition) is 5. The Bertz CT molecular complexity index is 870. The molecule has 2 aromatic heterocycles. The van der Waals surface area contributed by atoms with Gasteiger partial charge in [0, 0.05) is 17.5 Å². The molecule has 0 saturated carbocycles. The largest absolute Gasteiger partial charge is 0.361 e. The van der Waals surface area contributed by atoms with Crippen LogP contribution >= 0.6 is 11.8 Å². The Labute approximate surface area is 144 Å². The van der Waals surface area contributed by atoms with E-state index in [0.717, 1.165) is 32.9 Å². The third-order valence-corrected chi connectivity index (χ3v) is 4.81. The highest BCUT2D eigenvalue weighted by molar-refractivity contribution is 7.99. The fourth-order valence-corrected chi connectivity index (χ4v) is 3.33. The molecule has 5 nitrogen and oxygen atoms in total. The van der Waals surface area contributed by atoms with Crippen LogP contribution in [0.1, 0.15) is 22.6 Å². The number of benzene rings is 1. The normalized spacial score (nSPS) is 11.0. The average molecular weight is 341 g/mol. The molecule has 1 amide bonds. The number of aromatic nitrogens is 2. The van der Waals surface area contributed by atoms with Crippen molar-refractivity contribution in [3.63, 3.8) is 0 Å². The molecule has 0 aliphatic carbocycles. The highest BCUT2D eigenvalue weighted by atomic mass is 32.2. The van der Waals surface area contributed by atoms with Crippen molar-refractivity contribution < 1.29 is 9.32 Å². The van der Waals surface area contributed by atoms with Gasteiger partial charge in [-0.05, 0) is 38.5 Å². The lowest BCUT2D eigenvalue weighted by atomic mass is 10.1. The number of hydrogen-bond donors (Lipinski definition) is 1. The third kappa shape index (κ3) is 3.59. The van der Waals surface area contributed by atoms with Gasteiger partial charge >= 0.3 is 0 Å². The summed E-state index contributed by atoms with van der Waals surface area (Å²) in [6, 6.07) is 10.0. The summed E-state index contributed by atoms with van der Waals surface area (Å²) in [5.41, 5.74) is 3.87. The van der Waals surface area contributed by atoms with Gasteiger partial charge in [-0.2, -0.15) is 0 Å². The first-order valence-electron chi connectivity index (χ1n) is 7.72. The SMILES string of the molecule is Cc1noc(C)c1CNC(=O)CSc1cc(C)c2ccccc2n1. The summed E-state index contributed by atoms with van der Waals surface area (Å²) in [5.74, 6) is 1.04. The van der Waals surface area contributed by atoms with Gasteiger partial charge in [0.1, 0.15) is 5.76 Å². The van der Waals surface area contributed by atoms with Gasteiger partial charge in [-0.25, -0.2) is 4.98 Å². The van der Waals surface area contributed by atoms with Crippen molar-refractivity contribution in [1.29, 1.82) is 0 Å². The van der Waals surface area contributed by atoms with Crippen LogP contribution in [-0.4, -0.2) is 21.8 Å². The lowest BCUT2D eigenvalue weighted by Gasteiger charge is -2.07. The molecule has 124 valence electrons. The number of nitrogens with zero attached hydrogens (tertiary/aromatic N) is 2. The number of rotatable bonds is 5. The number of para-hydroxylation sites is 1. The molecule has 0 saturated heterocycles. The Kier molecular flexibility index (Phi) is 4.85. The van der Waals surface area contributed by atoms with Crippen molar-refractivity contribution in [3.8, 4) is 0 Å². The van der Waals surface area contributed by atoms with Crippen LogP contribution < -0.4 is 5.32 Å². The van der Waals surface area contributed by atoms with Crippen molar-refractivity contribution in [2.45, 2.75) is 32.3 Å². The summed E-state index contributed by atoms with van der Waals surface area (Å²) in [6.45, 7) is 6.21. The van der Waals surface area contributed by atoms with Crippen LogP contribution in [0.3, 0.4) is 0 Å². The Balaban J connectivity index is 1.60. The predicted molar refractivity (Wildman–Crippen MR) is 95.0 cm³/mol. The molecule has 0 spiro atoms. The van der Waals surface area contributed by atoms with Crippen LogP contribution in [0, 0.1) is 20.8 Å². The molecule has 0 atom stereocenters. The fourth-order valence-electron chi connectivity index (χ4n) is 2.52. The van der Waals surface area contributed by atoms with Crippen LogP contribution in [0.4, 0.5) is 0 Å². The van der Waals surface area contributed by atoms with Crippen molar-refractivity contribution >= 4 is 28.6 Å². The molecule has 0 aliphatic rings. The van der Waals surface area contributed by atoms with E-state index in [1.807, 2.05) is 38.1 Å². The highest BCUT2D eigenvalue weighted by Crippen LogP contribution is 2.23. The molecule has 2 heterocycles. The van der Waals surface area contributed by atoms with E-state index in [2.05, 4.69) is 28.4 Å². The van der Waals surface area contributed by atoms with Gasteiger partial charge in [-0.3, -0.25) is 4.79 Å². The van der Waals surface area contributed by atoms with E-state index < -0.39 is 0 Å². The number of aryl methyl sites for hydroxylation is 3. The Morgan fingerprint density at radius 2 is 2.04 bits per heavy atom. The Morgan fingerprint density at radius 1 is 1.25 bits per heavy atom. The van der Waals surface area contributed by atoms with Crippen molar-refractivity contribution in [3.05, 3.63) is 52.9 Å². The van der Waals surface area contributed by atoms with E-state index in [1.54, 1.807) is 0 Å². The molecule has 6 heteroatoms. The molecule has 0 bridgehead atoms. The zero-order valence-electron chi connectivity index (χ0n) is 13.9. The van der Waals surface area contributed by atoms with Gasteiger partial charge in [0.25, 0.3) is 0 Å². The first-order chi connectivity index (χ1) is 11.5. The van der Waals surface area contributed by atoms with E-state index in [-0.39, 0.29) is 5.91 Å². The summed E-state index contributed by atoms with van der Waals surface area (Å²) < 4.78 is 5.09. The molecule has 1 N–H and O–H groups in total. The quantitative estimate of drug-likeness (QED) is 0.719. The summed E-state index contributed by atoms with van der Waals surface area (Å²) in [6.07, 6.45) is 0. The maximum absolute atomic E-state index is 12.1. The predicted octanol–water partition coefficient (Wildman–Crippen LogP) is 3.56. The van der Waals surface area contributed by atoms with Crippen molar-refractivity contribution in [2.24, 2.45) is 0 Å². The number of nitrogens with one attached hydrogen (secondary N) is 1. The van der Waals surface area contributed by atoms with Gasteiger partial charge in [0.15, 0.2) is 0 Å². The van der Waals surface area contributed by atoms with Gasteiger partial charge in [0.05, 0.1) is 22.0 Å². The minimum absolute atomic E-state index is 0.0346. The third-order valence-electron chi connectivity index (χ3n) is 3.89. The minimum Gasteiger partial charge on any atom is -0.361 e. The van der Waals surface area contributed by atoms with Gasteiger partial charge in [-0.1, -0.05) is 35.1 Å². The van der Waals surface area contributed by atoms with E-state index in [0.29, 0.717) is 12.3 Å². The van der Waals surface area contributed by atoms with Gasteiger partial charge < -0.3 is 9.84 Å². The molecule has 0 aliphatic heterocycles. The molecule has 0 unspecified atom stereocenters. The Hall–Kier alpha value is -2.34. The Morgan fingerprint density at radius 3 is 2.79 bits per heavy atom. The van der Waals surface area contributed by atoms with Crippen LogP contribution in [0.25, 0.3) is 10.9 Å². The lowest BCUT2D eigenvalue weighted by Crippen LogP contribution is -2.25. The zero-order chi connectivity index (χ0) is 17.1. The monoisotopic (exact) mass is 341 g/mol. The summed E-state index contributed by atoms with van der Waals surface area (Å²) in [4.78, 5) is 16.7. The topological polar surface area (TPSA) is 68.0 Å². The first-order valence-corrected chi connectivity index (χ1v) is 8.71. The van der Waals surface area contributed by atoms with Crippen LogP contribution in [0.15, 0.2) is 39.9 Å². The molecule has 3 rings (SSSR count). The second-order valence-electron chi connectivity index (χ2n) is 5.66. The van der Waals surface area contributed by atoms with Crippen molar-refractivity contribution in [1.82, 2.24) is 15.5 Å². The summed E-state index contributed by atoms with van der Waals surface area (Å²) in [7, 11) is 0. The number of carbonyl (C=O) groups is 1. The summed E-state index contributed by atoms with van der Waals surface area (Å²) in [5, 5.41) is 8.79. The number of carbonyl (C=O) groups excluding carboxylic acids is 1. The van der Waals surface area contributed by atoms with E-state index in [1.165, 1.54) is 17.3 Å². The smallest absolute Gasteiger partial charge is 0.230 e. The molecule has 0 radical (unpaired) electrons. The standard InChI is InChI=1S/C18H19N3O2S/c1-11-8-18(20-16-7-5-4-6-14(11)16)24-10-17(22)19-9-15-12(2)21-23-13(15)3/h4-8H,9-10H2,1-3H3,(H,19,22). The molecule has 0 fully saturated rings. The fraction of sp³-hybridized carbons (Fsp3) is 0.278. The first kappa shape index (κ1) is 16.5. The average Bonchev–Trinajstić information content (AvgIpc) is 2.89. The molecular formula is C18H19N3O2S. The van der Waals surface area contributed by atoms with E-state index in [9.17, 15) is 4.79 Å². The molecule has 24 heavy (non-hydrogen) atoms. The number of pyridine rings is 1. The lowest BCUT2D eigenvalue weighted by molar-refractivity contribution is -0.118. The van der Waals surface area contributed by atoms with Crippen molar-refractivity contribution in [2.75, 3.05) is 5.75 Å². The summed E-state index contributed by atoms with van der Waals surface area (Å²) >= 11 is 1.44. The zero-order valence-corrected chi connectivity index (χ0v) is 14.7. The maximum atomic E-state index is 12.1.